The Morgan fingerprint density at radius 1 is 1.08 bits per heavy atom. The van der Waals surface area contributed by atoms with E-state index in [2.05, 4.69) is 36.0 Å². The molecule has 7 heteroatoms. The van der Waals surface area contributed by atoms with Crippen LogP contribution in [0.3, 0.4) is 0 Å². The molecule has 130 valence electrons. The zero-order valence-corrected chi connectivity index (χ0v) is 15.5. The molecular weight excluding hydrogens is 334 g/mol. The molecule has 1 aromatic carbocycles. The molecule has 4 rings (SSSR count). The molecule has 1 fully saturated rings. The maximum Gasteiger partial charge on any atom is 0.272 e. The van der Waals surface area contributed by atoms with Crippen LogP contribution in [0, 0.1) is 13.8 Å². The number of aromatic nitrogens is 3. The molecule has 1 amide bonds. The largest absolute Gasteiger partial charge is 0.345 e. The summed E-state index contributed by atoms with van der Waals surface area (Å²) in [7, 11) is 1.80. The molecule has 1 aliphatic heterocycles. The quantitative estimate of drug-likeness (QED) is 0.709. The highest BCUT2D eigenvalue weighted by molar-refractivity contribution is 7.22. The van der Waals surface area contributed by atoms with Gasteiger partial charge in [-0.15, -0.1) is 0 Å². The van der Waals surface area contributed by atoms with Crippen LogP contribution in [0.1, 0.15) is 21.6 Å². The predicted molar refractivity (Wildman–Crippen MR) is 100 cm³/mol. The molecule has 0 radical (unpaired) electrons. The highest BCUT2D eigenvalue weighted by atomic mass is 32.1. The van der Waals surface area contributed by atoms with Crippen molar-refractivity contribution in [1.29, 1.82) is 0 Å². The Bertz CT molecular complexity index is 897. The van der Waals surface area contributed by atoms with Gasteiger partial charge in [0.1, 0.15) is 5.69 Å². The Morgan fingerprint density at radius 2 is 1.80 bits per heavy atom. The zero-order chi connectivity index (χ0) is 17.6. The summed E-state index contributed by atoms with van der Waals surface area (Å²) in [5, 5.41) is 5.14. The molecule has 3 heterocycles. The van der Waals surface area contributed by atoms with Crippen LogP contribution in [0.25, 0.3) is 10.2 Å². The smallest absolute Gasteiger partial charge is 0.272 e. The molecule has 1 saturated heterocycles. The fourth-order valence-corrected chi connectivity index (χ4v) is 4.39. The summed E-state index contributed by atoms with van der Waals surface area (Å²) in [5.74, 6) is 0.0515. The second-order valence-corrected chi connectivity index (χ2v) is 7.47. The molecule has 1 aliphatic rings. The number of amides is 1. The van der Waals surface area contributed by atoms with Gasteiger partial charge in [-0.1, -0.05) is 23.5 Å². The van der Waals surface area contributed by atoms with Crippen LogP contribution >= 0.6 is 11.3 Å². The van der Waals surface area contributed by atoms with Gasteiger partial charge in [-0.05, 0) is 31.0 Å². The van der Waals surface area contributed by atoms with Crippen LogP contribution in [0.4, 0.5) is 5.13 Å². The van der Waals surface area contributed by atoms with E-state index in [0.717, 1.165) is 23.7 Å². The molecule has 6 nitrogen and oxygen atoms in total. The van der Waals surface area contributed by atoms with Crippen LogP contribution < -0.4 is 4.90 Å². The average molecular weight is 355 g/mol. The van der Waals surface area contributed by atoms with E-state index in [9.17, 15) is 4.79 Å². The third kappa shape index (κ3) is 2.78. The van der Waals surface area contributed by atoms with Gasteiger partial charge in [0.25, 0.3) is 5.91 Å². The maximum atomic E-state index is 12.6. The standard InChI is InChI=1S/C18H21N5OS/c1-12-4-5-13(2)16-15(12)20-18(25-16)23-10-8-22(9-11-23)17(24)14-6-7-19-21(14)3/h4-7H,8-11H2,1-3H3. The molecule has 0 bridgehead atoms. The monoisotopic (exact) mass is 355 g/mol. The lowest BCUT2D eigenvalue weighted by atomic mass is 10.1. The highest BCUT2D eigenvalue weighted by Crippen LogP contribution is 2.33. The molecular formula is C18H21N5OS. The first-order chi connectivity index (χ1) is 12.0. The summed E-state index contributed by atoms with van der Waals surface area (Å²) in [5.41, 5.74) is 4.23. The fraction of sp³-hybridized carbons (Fsp3) is 0.389. The average Bonchev–Trinajstić information content (AvgIpc) is 3.25. The second kappa shape index (κ2) is 6.15. The first-order valence-corrected chi connectivity index (χ1v) is 9.25. The molecule has 3 aromatic rings. The SMILES string of the molecule is Cc1ccc(C)c2sc(N3CCN(C(=O)c4ccnn4C)CC3)nc12. The van der Waals surface area contributed by atoms with Crippen LogP contribution in [-0.2, 0) is 7.05 Å². The van der Waals surface area contributed by atoms with E-state index in [0.29, 0.717) is 18.8 Å². The van der Waals surface area contributed by atoms with Crippen molar-refractivity contribution in [3.05, 3.63) is 41.2 Å². The lowest BCUT2D eigenvalue weighted by molar-refractivity contribution is 0.0735. The minimum absolute atomic E-state index is 0.0515. The van der Waals surface area contributed by atoms with Crippen molar-refractivity contribution in [3.8, 4) is 0 Å². The summed E-state index contributed by atoms with van der Waals surface area (Å²) in [6.45, 7) is 7.27. The third-order valence-corrected chi connectivity index (χ3v) is 6.06. The van der Waals surface area contributed by atoms with Crippen molar-refractivity contribution < 1.29 is 4.79 Å². The number of hydrogen-bond donors (Lipinski definition) is 0. The molecule has 2 aromatic heterocycles. The molecule has 0 atom stereocenters. The van der Waals surface area contributed by atoms with Gasteiger partial charge in [0, 0.05) is 39.4 Å². The number of thiazole rings is 1. The lowest BCUT2D eigenvalue weighted by Crippen LogP contribution is -2.49. The predicted octanol–water partition coefficient (Wildman–Crippen LogP) is 2.61. The van der Waals surface area contributed by atoms with Gasteiger partial charge >= 0.3 is 0 Å². The summed E-state index contributed by atoms with van der Waals surface area (Å²) < 4.78 is 2.90. The summed E-state index contributed by atoms with van der Waals surface area (Å²) in [4.78, 5) is 21.6. The van der Waals surface area contributed by atoms with Gasteiger partial charge in [0.05, 0.1) is 10.2 Å². The summed E-state index contributed by atoms with van der Waals surface area (Å²) >= 11 is 1.75. The maximum absolute atomic E-state index is 12.6. The summed E-state index contributed by atoms with van der Waals surface area (Å²) in [6.07, 6.45) is 1.66. The topological polar surface area (TPSA) is 54.3 Å². The number of aryl methyl sites for hydroxylation is 3. The number of piperazine rings is 1. The highest BCUT2D eigenvalue weighted by Gasteiger charge is 2.25. The van der Waals surface area contributed by atoms with E-state index in [1.807, 2.05) is 4.90 Å². The third-order valence-electron chi connectivity index (χ3n) is 4.81. The Hall–Kier alpha value is -2.41. The zero-order valence-electron chi connectivity index (χ0n) is 14.7. The molecule has 0 aliphatic carbocycles. The number of anilines is 1. The van der Waals surface area contributed by atoms with Gasteiger partial charge in [-0.2, -0.15) is 5.10 Å². The van der Waals surface area contributed by atoms with E-state index in [1.165, 1.54) is 15.8 Å². The van der Waals surface area contributed by atoms with Crippen molar-refractivity contribution in [2.24, 2.45) is 7.05 Å². The van der Waals surface area contributed by atoms with Crippen LogP contribution in [0.2, 0.25) is 0 Å². The minimum atomic E-state index is 0.0515. The first-order valence-electron chi connectivity index (χ1n) is 8.43. The number of carbonyl (C=O) groups is 1. The van der Waals surface area contributed by atoms with Crippen molar-refractivity contribution in [3.63, 3.8) is 0 Å². The Kier molecular flexibility index (Phi) is 3.95. The van der Waals surface area contributed by atoms with E-state index in [4.69, 9.17) is 4.98 Å². The van der Waals surface area contributed by atoms with Crippen LogP contribution in [0.5, 0.6) is 0 Å². The van der Waals surface area contributed by atoms with E-state index < -0.39 is 0 Å². The molecule has 0 saturated carbocycles. The number of benzene rings is 1. The lowest BCUT2D eigenvalue weighted by Gasteiger charge is -2.34. The van der Waals surface area contributed by atoms with E-state index in [-0.39, 0.29) is 5.91 Å². The van der Waals surface area contributed by atoms with Crippen molar-refractivity contribution in [2.75, 3.05) is 31.1 Å². The van der Waals surface area contributed by atoms with E-state index >= 15 is 0 Å². The van der Waals surface area contributed by atoms with Gasteiger partial charge in [0.2, 0.25) is 0 Å². The van der Waals surface area contributed by atoms with Crippen LogP contribution in [-0.4, -0.2) is 51.8 Å². The second-order valence-electron chi connectivity index (χ2n) is 6.49. The normalized spacial score (nSPS) is 15.2. The minimum Gasteiger partial charge on any atom is -0.345 e. The Balaban J connectivity index is 1.51. The number of fused-ring (bicyclic) bond motifs is 1. The molecule has 0 N–H and O–H groups in total. The van der Waals surface area contributed by atoms with Crippen molar-refractivity contribution in [2.45, 2.75) is 13.8 Å². The number of hydrogen-bond acceptors (Lipinski definition) is 5. The summed E-state index contributed by atoms with van der Waals surface area (Å²) in [6, 6.07) is 6.06. The number of rotatable bonds is 2. The Labute approximate surface area is 150 Å². The van der Waals surface area contributed by atoms with Crippen molar-refractivity contribution in [1.82, 2.24) is 19.7 Å². The van der Waals surface area contributed by atoms with Gasteiger partial charge in [-0.25, -0.2) is 4.98 Å². The van der Waals surface area contributed by atoms with Crippen molar-refractivity contribution >= 4 is 32.6 Å². The first kappa shape index (κ1) is 16.1. The Morgan fingerprint density at radius 3 is 2.44 bits per heavy atom. The van der Waals surface area contributed by atoms with Crippen LogP contribution in [0.15, 0.2) is 24.4 Å². The van der Waals surface area contributed by atoms with E-state index in [1.54, 1.807) is 35.3 Å². The molecule has 0 spiro atoms. The molecule has 0 unspecified atom stereocenters. The molecule has 25 heavy (non-hydrogen) atoms. The number of carbonyl (C=O) groups excluding carboxylic acids is 1. The van der Waals surface area contributed by atoms with Gasteiger partial charge < -0.3 is 9.80 Å². The number of nitrogens with zero attached hydrogens (tertiary/aromatic N) is 5. The fourth-order valence-electron chi connectivity index (χ4n) is 3.23. The van der Waals surface area contributed by atoms with Gasteiger partial charge in [0.15, 0.2) is 5.13 Å². The van der Waals surface area contributed by atoms with Gasteiger partial charge in [-0.3, -0.25) is 9.48 Å².